The molecule has 0 aliphatic carbocycles. The Kier molecular flexibility index (Phi) is 3.46. The maximum Gasteiger partial charge on any atom is 0.326 e. The summed E-state index contributed by atoms with van der Waals surface area (Å²) in [6, 6.07) is 1.96. The molecule has 1 aromatic rings. The van der Waals surface area contributed by atoms with Crippen LogP contribution in [0, 0.1) is 17.0 Å². The molecule has 1 atom stereocenters. The molecular weight excluding hydrogens is 200 g/mol. The summed E-state index contributed by atoms with van der Waals surface area (Å²) >= 11 is 1.20. The van der Waals surface area contributed by atoms with Crippen LogP contribution in [0.15, 0.2) is 6.07 Å². The Hall–Kier alpha value is -1.10. The molecule has 0 fully saturated rings. The Balaban J connectivity index is 2.82. The van der Waals surface area contributed by atoms with Crippen LogP contribution in [0.2, 0.25) is 0 Å². The van der Waals surface area contributed by atoms with Crippen LogP contribution in [0.5, 0.6) is 0 Å². The molecule has 78 valence electrons. The monoisotopic (exact) mass is 214 g/mol. The summed E-state index contributed by atoms with van der Waals surface area (Å²) in [6.45, 7) is 6.02. The number of nitrogens with zero attached hydrogens (tertiary/aromatic N) is 1. The van der Waals surface area contributed by atoms with Gasteiger partial charge in [0, 0.05) is 12.1 Å². The molecule has 1 aromatic heterocycles. The molecule has 0 aromatic carbocycles. The van der Waals surface area contributed by atoms with Crippen LogP contribution in [0.25, 0.3) is 0 Å². The van der Waals surface area contributed by atoms with Gasteiger partial charge in [-0.25, -0.2) is 0 Å². The standard InChI is InChI=1S/C9H14N2O2S/c1-4-7(3)10-9-6(2)5-8(14-9)11(12)13/h5,7,10H,4H2,1-3H3. The highest BCUT2D eigenvalue weighted by Gasteiger charge is 2.14. The number of hydrogen-bond donors (Lipinski definition) is 1. The zero-order valence-corrected chi connectivity index (χ0v) is 9.35. The molecule has 5 heteroatoms. The zero-order chi connectivity index (χ0) is 10.7. The minimum atomic E-state index is -0.348. The van der Waals surface area contributed by atoms with Crippen molar-refractivity contribution in [3.63, 3.8) is 0 Å². The largest absolute Gasteiger partial charge is 0.374 e. The first-order valence-electron chi connectivity index (χ1n) is 4.56. The highest BCUT2D eigenvalue weighted by Crippen LogP contribution is 2.33. The van der Waals surface area contributed by atoms with Gasteiger partial charge in [0.2, 0.25) is 0 Å². The molecule has 0 saturated heterocycles. The molecule has 0 spiro atoms. The van der Waals surface area contributed by atoms with Gasteiger partial charge in [-0.05, 0) is 37.2 Å². The maximum absolute atomic E-state index is 10.5. The summed E-state index contributed by atoms with van der Waals surface area (Å²) in [5.41, 5.74) is 0.946. The van der Waals surface area contributed by atoms with Gasteiger partial charge >= 0.3 is 5.00 Å². The fraction of sp³-hybridized carbons (Fsp3) is 0.556. The third-order valence-corrected chi connectivity index (χ3v) is 3.19. The average molecular weight is 214 g/mol. The van der Waals surface area contributed by atoms with Crippen molar-refractivity contribution in [3.05, 3.63) is 21.7 Å². The predicted molar refractivity (Wildman–Crippen MR) is 59.1 cm³/mol. The Morgan fingerprint density at radius 1 is 1.71 bits per heavy atom. The normalized spacial score (nSPS) is 12.5. The van der Waals surface area contributed by atoms with Crippen molar-refractivity contribution in [2.24, 2.45) is 0 Å². The second-order valence-corrected chi connectivity index (χ2v) is 4.34. The SMILES string of the molecule is CCC(C)Nc1sc([N+](=O)[O-])cc1C. The van der Waals surface area contributed by atoms with Crippen LogP contribution in [0.4, 0.5) is 10.0 Å². The molecule has 1 heterocycles. The van der Waals surface area contributed by atoms with Crippen LogP contribution >= 0.6 is 11.3 Å². The second kappa shape index (κ2) is 4.41. The predicted octanol–water partition coefficient (Wildman–Crippen LogP) is 3.18. The van der Waals surface area contributed by atoms with Crippen molar-refractivity contribution in [1.29, 1.82) is 0 Å². The van der Waals surface area contributed by atoms with E-state index in [0.717, 1.165) is 17.0 Å². The summed E-state index contributed by atoms with van der Waals surface area (Å²) in [4.78, 5) is 10.2. The number of thiophene rings is 1. The molecule has 0 bridgehead atoms. The van der Waals surface area contributed by atoms with E-state index in [1.807, 2.05) is 6.92 Å². The van der Waals surface area contributed by atoms with Crippen molar-refractivity contribution < 1.29 is 4.92 Å². The molecule has 0 aliphatic heterocycles. The number of rotatable bonds is 4. The van der Waals surface area contributed by atoms with E-state index < -0.39 is 0 Å². The van der Waals surface area contributed by atoms with E-state index in [9.17, 15) is 10.1 Å². The summed E-state index contributed by atoms with van der Waals surface area (Å²) in [6.07, 6.45) is 1.01. The number of hydrogen-bond acceptors (Lipinski definition) is 4. The van der Waals surface area contributed by atoms with E-state index in [1.165, 1.54) is 11.3 Å². The Labute approximate surface area is 87.1 Å². The van der Waals surface area contributed by atoms with Crippen LogP contribution in [-0.2, 0) is 0 Å². The van der Waals surface area contributed by atoms with Gasteiger partial charge in [0.25, 0.3) is 0 Å². The minimum Gasteiger partial charge on any atom is -0.374 e. The van der Waals surface area contributed by atoms with Gasteiger partial charge in [0.1, 0.15) is 0 Å². The van der Waals surface area contributed by atoms with E-state index in [0.29, 0.717) is 6.04 Å². The quantitative estimate of drug-likeness (QED) is 0.618. The minimum absolute atomic E-state index is 0.202. The van der Waals surface area contributed by atoms with Crippen molar-refractivity contribution >= 4 is 21.3 Å². The number of nitrogens with one attached hydrogen (secondary N) is 1. The molecular formula is C9H14N2O2S. The lowest BCUT2D eigenvalue weighted by molar-refractivity contribution is -0.380. The summed E-state index contributed by atoms with van der Waals surface area (Å²) in [7, 11) is 0. The zero-order valence-electron chi connectivity index (χ0n) is 8.53. The van der Waals surface area contributed by atoms with Crippen molar-refractivity contribution in [1.82, 2.24) is 0 Å². The first-order chi connectivity index (χ1) is 6.54. The molecule has 0 radical (unpaired) electrons. The van der Waals surface area contributed by atoms with Crippen molar-refractivity contribution in [2.75, 3.05) is 5.32 Å². The smallest absolute Gasteiger partial charge is 0.326 e. The number of aryl methyl sites for hydroxylation is 1. The molecule has 0 amide bonds. The highest BCUT2D eigenvalue weighted by atomic mass is 32.1. The van der Waals surface area contributed by atoms with Gasteiger partial charge in [0.15, 0.2) is 0 Å². The van der Waals surface area contributed by atoms with E-state index in [-0.39, 0.29) is 9.92 Å². The van der Waals surface area contributed by atoms with Crippen molar-refractivity contribution in [2.45, 2.75) is 33.2 Å². The second-order valence-electron chi connectivity index (χ2n) is 3.31. The lowest BCUT2D eigenvalue weighted by Gasteiger charge is -2.10. The van der Waals surface area contributed by atoms with Gasteiger partial charge in [-0.1, -0.05) is 6.92 Å². The van der Waals surface area contributed by atoms with Crippen molar-refractivity contribution in [3.8, 4) is 0 Å². The summed E-state index contributed by atoms with van der Waals surface area (Å²) in [5.74, 6) is 0. The van der Waals surface area contributed by atoms with Gasteiger partial charge in [-0.15, -0.1) is 0 Å². The van der Waals surface area contributed by atoms with E-state index in [2.05, 4.69) is 19.2 Å². The van der Waals surface area contributed by atoms with E-state index in [4.69, 9.17) is 0 Å². The first-order valence-corrected chi connectivity index (χ1v) is 5.37. The van der Waals surface area contributed by atoms with Gasteiger partial charge in [0.05, 0.1) is 9.92 Å². The molecule has 0 saturated carbocycles. The maximum atomic E-state index is 10.5. The Morgan fingerprint density at radius 2 is 2.36 bits per heavy atom. The highest BCUT2D eigenvalue weighted by molar-refractivity contribution is 7.19. The first kappa shape index (κ1) is 11.0. The third kappa shape index (κ3) is 2.45. The Bertz CT molecular complexity index is 336. The van der Waals surface area contributed by atoms with Gasteiger partial charge in [-0.3, -0.25) is 10.1 Å². The molecule has 14 heavy (non-hydrogen) atoms. The van der Waals surface area contributed by atoms with Gasteiger partial charge < -0.3 is 5.32 Å². The fourth-order valence-electron chi connectivity index (χ4n) is 1.02. The molecule has 1 N–H and O–H groups in total. The molecule has 1 unspecified atom stereocenters. The summed E-state index contributed by atoms with van der Waals surface area (Å²) < 4.78 is 0. The number of nitro groups is 1. The van der Waals surface area contributed by atoms with Crippen LogP contribution in [0.1, 0.15) is 25.8 Å². The van der Waals surface area contributed by atoms with E-state index >= 15 is 0 Å². The lowest BCUT2D eigenvalue weighted by atomic mass is 10.2. The van der Waals surface area contributed by atoms with E-state index in [1.54, 1.807) is 6.07 Å². The topological polar surface area (TPSA) is 55.2 Å². The van der Waals surface area contributed by atoms with Crippen LogP contribution in [-0.4, -0.2) is 11.0 Å². The third-order valence-electron chi connectivity index (χ3n) is 2.07. The lowest BCUT2D eigenvalue weighted by Crippen LogP contribution is -2.12. The average Bonchev–Trinajstić information content (AvgIpc) is 2.48. The van der Waals surface area contributed by atoms with Crippen LogP contribution in [0.3, 0.4) is 0 Å². The molecule has 1 rings (SSSR count). The van der Waals surface area contributed by atoms with Crippen LogP contribution < -0.4 is 5.32 Å². The number of anilines is 1. The van der Waals surface area contributed by atoms with Gasteiger partial charge in [-0.2, -0.15) is 0 Å². The summed E-state index contributed by atoms with van der Waals surface area (Å²) in [5, 5.41) is 14.9. The Morgan fingerprint density at radius 3 is 2.79 bits per heavy atom. The molecule has 4 nitrogen and oxygen atoms in total. The fourth-order valence-corrected chi connectivity index (χ4v) is 2.02. The molecule has 0 aliphatic rings.